The summed E-state index contributed by atoms with van der Waals surface area (Å²) in [5.41, 5.74) is 5.76. The molecule has 0 heterocycles. The average molecular weight is 280 g/mol. The first-order chi connectivity index (χ1) is 9.47. The summed E-state index contributed by atoms with van der Waals surface area (Å²) in [6.07, 6.45) is -0.546. The van der Waals surface area contributed by atoms with Gasteiger partial charge in [0.15, 0.2) is 0 Å². The maximum absolute atomic E-state index is 12.2. The van der Waals surface area contributed by atoms with E-state index in [4.69, 9.17) is 15.9 Å². The molecule has 0 fully saturated rings. The highest BCUT2D eigenvalue weighted by Gasteiger charge is 2.29. The predicted molar refractivity (Wildman–Crippen MR) is 70.0 cm³/mol. The maximum Gasteiger partial charge on any atom is 0.326 e. The predicted octanol–water partition coefficient (Wildman–Crippen LogP) is 0.363. The average Bonchev–Trinajstić information content (AvgIpc) is 2.43. The molecule has 1 atom stereocenters. The van der Waals surface area contributed by atoms with Crippen molar-refractivity contribution >= 4 is 17.8 Å². The van der Waals surface area contributed by atoms with Gasteiger partial charge >= 0.3 is 11.9 Å². The monoisotopic (exact) mass is 280 g/mol. The lowest BCUT2D eigenvalue weighted by atomic mass is 10.1. The van der Waals surface area contributed by atoms with E-state index in [1.807, 2.05) is 0 Å². The third-order valence-corrected chi connectivity index (χ3v) is 2.77. The summed E-state index contributed by atoms with van der Waals surface area (Å²) in [4.78, 5) is 34.9. The first-order valence-corrected chi connectivity index (χ1v) is 5.98. The molecule has 20 heavy (non-hydrogen) atoms. The van der Waals surface area contributed by atoms with Crippen LogP contribution in [-0.4, -0.2) is 45.7 Å². The molecule has 0 radical (unpaired) electrons. The van der Waals surface area contributed by atoms with Crippen LogP contribution in [0.15, 0.2) is 30.3 Å². The Bertz CT molecular complexity index is 489. The Morgan fingerprint density at radius 1 is 1.15 bits per heavy atom. The molecule has 0 spiro atoms. The van der Waals surface area contributed by atoms with E-state index < -0.39 is 23.9 Å². The number of amides is 1. The number of nitrogens with zero attached hydrogens (tertiary/aromatic N) is 1. The van der Waals surface area contributed by atoms with E-state index in [0.29, 0.717) is 5.56 Å². The highest BCUT2D eigenvalue weighted by Crippen LogP contribution is 2.12. The molecule has 0 aliphatic rings. The van der Waals surface area contributed by atoms with Gasteiger partial charge in [0.05, 0.1) is 6.67 Å². The summed E-state index contributed by atoms with van der Waals surface area (Å²) < 4.78 is 0. The molecule has 0 bridgehead atoms. The van der Waals surface area contributed by atoms with Crippen LogP contribution in [0.3, 0.4) is 0 Å². The molecular weight excluding hydrogens is 264 g/mol. The number of rotatable bonds is 7. The zero-order valence-electron chi connectivity index (χ0n) is 10.7. The van der Waals surface area contributed by atoms with Crippen molar-refractivity contribution in [3.05, 3.63) is 35.9 Å². The van der Waals surface area contributed by atoms with Crippen LogP contribution in [0, 0.1) is 0 Å². The second kappa shape index (κ2) is 7.25. The molecular formula is C13H16N2O5. The lowest BCUT2D eigenvalue weighted by Crippen LogP contribution is -2.48. The van der Waals surface area contributed by atoms with Gasteiger partial charge in [-0.25, -0.2) is 4.79 Å². The fraction of sp³-hybridized carbons (Fsp3) is 0.308. The van der Waals surface area contributed by atoms with Crippen molar-refractivity contribution in [3.63, 3.8) is 0 Å². The van der Waals surface area contributed by atoms with Crippen molar-refractivity contribution in [2.45, 2.75) is 18.9 Å². The molecule has 0 aliphatic heterocycles. The van der Waals surface area contributed by atoms with Gasteiger partial charge in [0.1, 0.15) is 6.04 Å². The standard InChI is InChI=1S/C13H16N2O5/c14-8-15(10(13(19)20)6-7-11(16)17)12(18)9-4-2-1-3-5-9/h1-5,10H,6-8,14H2,(H,16,17)(H,19,20)/t10-/m0/s1. The van der Waals surface area contributed by atoms with Gasteiger partial charge in [0.25, 0.3) is 5.91 Å². The van der Waals surface area contributed by atoms with Crippen LogP contribution < -0.4 is 5.73 Å². The first-order valence-electron chi connectivity index (χ1n) is 5.98. The zero-order chi connectivity index (χ0) is 15.1. The van der Waals surface area contributed by atoms with Crippen molar-refractivity contribution in [3.8, 4) is 0 Å². The van der Waals surface area contributed by atoms with Crippen molar-refractivity contribution < 1.29 is 24.6 Å². The maximum atomic E-state index is 12.2. The fourth-order valence-electron chi connectivity index (χ4n) is 1.77. The van der Waals surface area contributed by atoms with Crippen LogP contribution >= 0.6 is 0 Å². The van der Waals surface area contributed by atoms with E-state index in [1.54, 1.807) is 30.3 Å². The Hall–Kier alpha value is -2.41. The Morgan fingerprint density at radius 2 is 1.75 bits per heavy atom. The lowest BCUT2D eigenvalue weighted by molar-refractivity contribution is -0.143. The quantitative estimate of drug-likeness (QED) is 0.620. The minimum Gasteiger partial charge on any atom is -0.481 e. The smallest absolute Gasteiger partial charge is 0.326 e. The third-order valence-electron chi connectivity index (χ3n) is 2.77. The van der Waals surface area contributed by atoms with E-state index >= 15 is 0 Å². The van der Waals surface area contributed by atoms with Gasteiger partial charge in [-0.05, 0) is 18.6 Å². The van der Waals surface area contributed by atoms with Crippen LogP contribution in [0.2, 0.25) is 0 Å². The Labute approximate surface area is 115 Å². The van der Waals surface area contributed by atoms with Crippen LogP contribution in [0.1, 0.15) is 23.2 Å². The lowest BCUT2D eigenvalue weighted by Gasteiger charge is -2.27. The summed E-state index contributed by atoms with van der Waals surface area (Å²) in [6.45, 7) is -0.301. The molecule has 7 heteroatoms. The molecule has 0 unspecified atom stereocenters. The van der Waals surface area contributed by atoms with E-state index in [2.05, 4.69) is 0 Å². The number of carboxylic acids is 2. The molecule has 0 saturated heterocycles. The third kappa shape index (κ3) is 4.06. The number of carbonyl (C=O) groups is 3. The molecule has 1 amide bonds. The number of benzene rings is 1. The second-order valence-corrected chi connectivity index (χ2v) is 4.11. The van der Waals surface area contributed by atoms with Crippen LogP contribution in [0.25, 0.3) is 0 Å². The highest BCUT2D eigenvalue weighted by molar-refractivity contribution is 5.96. The van der Waals surface area contributed by atoms with Gasteiger partial charge < -0.3 is 20.8 Å². The molecule has 1 aromatic rings. The van der Waals surface area contributed by atoms with Crippen LogP contribution in [-0.2, 0) is 9.59 Å². The van der Waals surface area contributed by atoms with Gasteiger partial charge in [-0.2, -0.15) is 0 Å². The number of carboxylic acid groups (broad SMARTS) is 2. The molecule has 0 aliphatic carbocycles. The van der Waals surface area contributed by atoms with Gasteiger partial charge in [-0.1, -0.05) is 18.2 Å². The Balaban J connectivity index is 2.92. The van der Waals surface area contributed by atoms with Gasteiger partial charge in [0, 0.05) is 12.0 Å². The second-order valence-electron chi connectivity index (χ2n) is 4.11. The molecule has 108 valence electrons. The largest absolute Gasteiger partial charge is 0.481 e. The van der Waals surface area contributed by atoms with Crippen molar-refractivity contribution in [1.82, 2.24) is 4.90 Å². The summed E-state index contributed by atoms with van der Waals surface area (Å²) in [5.74, 6) is -2.94. The molecule has 1 rings (SSSR count). The Kier molecular flexibility index (Phi) is 5.67. The minimum absolute atomic E-state index is 0.194. The molecule has 0 aromatic heterocycles. The summed E-state index contributed by atoms with van der Waals surface area (Å²) in [7, 11) is 0. The molecule has 1 aromatic carbocycles. The minimum atomic E-state index is -1.28. The number of hydrogen-bond donors (Lipinski definition) is 3. The number of hydrogen-bond acceptors (Lipinski definition) is 4. The summed E-state index contributed by atoms with van der Waals surface area (Å²) in [6, 6.07) is 6.85. The summed E-state index contributed by atoms with van der Waals surface area (Å²) >= 11 is 0. The summed E-state index contributed by atoms with van der Waals surface area (Å²) in [5, 5.41) is 17.8. The SMILES string of the molecule is NCN(C(=O)c1ccccc1)[C@@H](CCC(=O)O)C(=O)O. The van der Waals surface area contributed by atoms with E-state index in [1.165, 1.54) is 0 Å². The molecule has 0 saturated carbocycles. The fourth-order valence-corrected chi connectivity index (χ4v) is 1.77. The zero-order valence-corrected chi connectivity index (χ0v) is 10.7. The molecule has 7 nitrogen and oxygen atoms in total. The number of carbonyl (C=O) groups excluding carboxylic acids is 1. The van der Waals surface area contributed by atoms with Gasteiger partial charge in [0.2, 0.25) is 0 Å². The number of nitrogens with two attached hydrogens (primary N) is 1. The normalized spacial score (nSPS) is 11.7. The van der Waals surface area contributed by atoms with Crippen molar-refractivity contribution in [1.29, 1.82) is 0 Å². The van der Waals surface area contributed by atoms with Crippen molar-refractivity contribution in [2.75, 3.05) is 6.67 Å². The van der Waals surface area contributed by atoms with Crippen LogP contribution in [0.4, 0.5) is 0 Å². The van der Waals surface area contributed by atoms with Crippen molar-refractivity contribution in [2.24, 2.45) is 5.73 Å². The van der Waals surface area contributed by atoms with Gasteiger partial charge in [-0.15, -0.1) is 0 Å². The molecule has 4 N–H and O–H groups in total. The van der Waals surface area contributed by atoms with E-state index in [9.17, 15) is 14.4 Å². The highest BCUT2D eigenvalue weighted by atomic mass is 16.4. The Morgan fingerprint density at radius 3 is 2.20 bits per heavy atom. The first kappa shape index (κ1) is 15.6. The van der Waals surface area contributed by atoms with E-state index in [-0.39, 0.29) is 19.5 Å². The topological polar surface area (TPSA) is 121 Å². The number of aliphatic carboxylic acids is 2. The van der Waals surface area contributed by atoms with E-state index in [0.717, 1.165) is 4.90 Å². The van der Waals surface area contributed by atoms with Crippen LogP contribution in [0.5, 0.6) is 0 Å². The van der Waals surface area contributed by atoms with Gasteiger partial charge in [-0.3, -0.25) is 9.59 Å².